The lowest BCUT2D eigenvalue weighted by Gasteiger charge is -2.39. The summed E-state index contributed by atoms with van der Waals surface area (Å²) in [5, 5.41) is 6.79. The lowest BCUT2D eigenvalue weighted by molar-refractivity contribution is 0.0924. The Morgan fingerprint density at radius 3 is 2.63 bits per heavy atom. The Kier molecular flexibility index (Phi) is 7.44. The van der Waals surface area contributed by atoms with Crippen molar-refractivity contribution >= 4 is 28.7 Å². The van der Waals surface area contributed by atoms with Gasteiger partial charge in [0.2, 0.25) is 11.8 Å². The van der Waals surface area contributed by atoms with Gasteiger partial charge in [-0.05, 0) is 43.2 Å². The molecule has 4 aromatic heterocycles. The number of ether oxygens (including phenoxy) is 1. The van der Waals surface area contributed by atoms with Gasteiger partial charge in [0.15, 0.2) is 5.65 Å². The minimum Gasteiger partial charge on any atom is -0.384 e. The number of fused-ring (bicyclic) bond motifs is 1. The first-order valence-electron chi connectivity index (χ1n) is 14.8. The van der Waals surface area contributed by atoms with Gasteiger partial charge in [0.1, 0.15) is 11.2 Å². The van der Waals surface area contributed by atoms with Crippen molar-refractivity contribution in [2.24, 2.45) is 11.8 Å². The highest BCUT2D eigenvalue weighted by molar-refractivity contribution is 6.30. The van der Waals surface area contributed by atoms with Crippen molar-refractivity contribution in [2.45, 2.75) is 51.6 Å². The number of pyridine rings is 1. The van der Waals surface area contributed by atoms with E-state index in [0.29, 0.717) is 47.6 Å². The van der Waals surface area contributed by atoms with Gasteiger partial charge in [-0.15, -0.1) is 5.10 Å². The molecule has 12 heteroatoms. The number of aromatic amines is 1. The molecule has 1 saturated heterocycles. The molecule has 7 rings (SSSR count). The van der Waals surface area contributed by atoms with Gasteiger partial charge in [-0.2, -0.15) is 4.98 Å². The topological polar surface area (TPSA) is 128 Å². The standard InChI is InChI=1S/C31H33ClN8O3/c1-18-8-10-20(11-9-18)19(2)40-26-25(22-14-23(32)16-33-15-22)34-28(29-37-38-31(41)43-29)35-27(26)36-30(40)39-12-13-42-17-24(39)21-6-4-3-5-7-21/h3-7,14-16,18-20,24H,8-13,17H2,1-2H3,(H,38,41)/t18-,19?,20-,24-/m0/s1. The molecule has 1 N–H and O–H groups in total. The van der Waals surface area contributed by atoms with Gasteiger partial charge in [-0.1, -0.05) is 61.7 Å². The number of hydrogen-bond acceptors (Lipinski definition) is 9. The summed E-state index contributed by atoms with van der Waals surface area (Å²) < 4.78 is 13.6. The van der Waals surface area contributed by atoms with E-state index in [2.05, 4.69) is 62.8 Å². The predicted octanol–water partition coefficient (Wildman–Crippen LogP) is 5.85. The van der Waals surface area contributed by atoms with Gasteiger partial charge < -0.3 is 18.6 Å². The molecule has 43 heavy (non-hydrogen) atoms. The first-order chi connectivity index (χ1) is 21.0. The van der Waals surface area contributed by atoms with Crippen molar-refractivity contribution in [1.82, 2.24) is 34.7 Å². The number of imidazole rings is 1. The third-order valence-corrected chi connectivity index (χ3v) is 9.06. The van der Waals surface area contributed by atoms with Crippen LogP contribution in [0.25, 0.3) is 34.1 Å². The lowest BCUT2D eigenvalue weighted by atomic mass is 9.79. The fraction of sp³-hybridized carbons (Fsp3) is 0.419. The van der Waals surface area contributed by atoms with Gasteiger partial charge in [0.25, 0.3) is 5.89 Å². The molecule has 5 aromatic rings. The zero-order valence-electron chi connectivity index (χ0n) is 24.1. The molecule has 0 bridgehead atoms. The molecule has 1 aliphatic carbocycles. The molecule has 2 atom stereocenters. The minimum atomic E-state index is -0.685. The van der Waals surface area contributed by atoms with Crippen LogP contribution < -0.4 is 10.7 Å². The molecular formula is C31H33ClN8O3. The Morgan fingerprint density at radius 2 is 1.88 bits per heavy atom. The molecule has 222 valence electrons. The van der Waals surface area contributed by atoms with Crippen molar-refractivity contribution in [3.63, 3.8) is 0 Å². The van der Waals surface area contributed by atoms with Crippen molar-refractivity contribution in [1.29, 1.82) is 0 Å². The van der Waals surface area contributed by atoms with E-state index in [0.717, 1.165) is 35.8 Å². The normalized spacial score (nSPS) is 21.7. The average Bonchev–Trinajstić information content (AvgIpc) is 3.65. The monoisotopic (exact) mass is 600 g/mol. The van der Waals surface area contributed by atoms with Crippen LogP contribution in [0.5, 0.6) is 0 Å². The number of nitrogens with one attached hydrogen (secondary N) is 1. The van der Waals surface area contributed by atoms with Crippen LogP contribution in [-0.2, 0) is 4.74 Å². The van der Waals surface area contributed by atoms with Gasteiger partial charge in [0, 0.05) is 30.5 Å². The minimum absolute atomic E-state index is 0.0120. The number of halogens is 1. The van der Waals surface area contributed by atoms with E-state index < -0.39 is 5.76 Å². The highest BCUT2D eigenvalue weighted by atomic mass is 35.5. The molecule has 0 spiro atoms. The van der Waals surface area contributed by atoms with Crippen LogP contribution in [-0.4, -0.2) is 54.5 Å². The van der Waals surface area contributed by atoms with Gasteiger partial charge >= 0.3 is 5.76 Å². The van der Waals surface area contributed by atoms with Crippen LogP contribution in [0.1, 0.15) is 57.2 Å². The summed E-state index contributed by atoms with van der Waals surface area (Å²) in [4.78, 5) is 33.5. The SMILES string of the molecule is CC([C@H]1CC[C@H](C)CC1)n1c(N2CCOC[C@H]2c2ccccc2)nc2nc(-c3n[nH]c(=O)o3)nc(-c3cncc(Cl)c3)c21. The maximum atomic E-state index is 11.8. The maximum Gasteiger partial charge on any atom is 0.434 e. The number of H-pyrrole nitrogens is 1. The maximum absolute atomic E-state index is 11.8. The Morgan fingerprint density at radius 1 is 1.07 bits per heavy atom. The lowest BCUT2D eigenvalue weighted by Crippen LogP contribution is -2.41. The first-order valence-corrected chi connectivity index (χ1v) is 15.2. The van der Waals surface area contributed by atoms with E-state index in [9.17, 15) is 4.79 Å². The van der Waals surface area contributed by atoms with Crippen LogP contribution >= 0.6 is 11.6 Å². The summed E-state index contributed by atoms with van der Waals surface area (Å²) in [6.07, 6.45) is 7.99. The summed E-state index contributed by atoms with van der Waals surface area (Å²) >= 11 is 6.43. The van der Waals surface area contributed by atoms with Crippen LogP contribution in [0.2, 0.25) is 5.02 Å². The smallest absolute Gasteiger partial charge is 0.384 e. The number of morpholine rings is 1. The van der Waals surface area contributed by atoms with Crippen molar-refractivity contribution in [3.8, 4) is 23.0 Å². The molecule has 5 heterocycles. The number of rotatable bonds is 6. The molecule has 2 fully saturated rings. The Bertz CT molecular complexity index is 1790. The second kappa shape index (κ2) is 11.5. The van der Waals surface area contributed by atoms with Crippen LogP contribution in [0.4, 0.5) is 5.95 Å². The van der Waals surface area contributed by atoms with Crippen molar-refractivity contribution < 1.29 is 9.15 Å². The second-order valence-corrected chi connectivity index (χ2v) is 12.1. The Balaban J connectivity index is 1.48. The van der Waals surface area contributed by atoms with Crippen molar-refractivity contribution in [3.05, 3.63) is 69.9 Å². The number of hydrogen-bond donors (Lipinski definition) is 1. The molecule has 0 amide bonds. The largest absolute Gasteiger partial charge is 0.434 e. The highest BCUT2D eigenvalue weighted by Crippen LogP contribution is 2.43. The second-order valence-electron chi connectivity index (χ2n) is 11.6. The Hall–Kier alpha value is -4.09. The molecule has 0 radical (unpaired) electrons. The summed E-state index contributed by atoms with van der Waals surface area (Å²) in [7, 11) is 0. The summed E-state index contributed by atoms with van der Waals surface area (Å²) in [5.74, 6) is 1.45. The number of anilines is 1. The van der Waals surface area contributed by atoms with E-state index >= 15 is 0 Å². The molecular weight excluding hydrogens is 568 g/mol. The zero-order chi connectivity index (χ0) is 29.5. The zero-order valence-corrected chi connectivity index (χ0v) is 24.9. The average molecular weight is 601 g/mol. The summed E-state index contributed by atoms with van der Waals surface area (Å²) in [5.41, 5.74) is 3.72. The number of aromatic nitrogens is 7. The van der Waals surface area contributed by atoms with E-state index in [4.69, 9.17) is 35.7 Å². The molecule has 11 nitrogen and oxygen atoms in total. The first kappa shape index (κ1) is 27.7. The fourth-order valence-corrected chi connectivity index (χ4v) is 6.69. The van der Waals surface area contributed by atoms with E-state index in [1.807, 2.05) is 12.1 Å². The van der Waals surface area contributed by atoms with E-state index in [1.165, 1.54) is 12.8 Å². The van der Waals surface area contributed by atoms with Crippen molar-refractivity contribution in [2.75, 3.05) is 24.7 Å². The number of benzene rings is 1. The predicted molar refractivity (Wildman–Crippen MR) is 163 cm³/mol. The van der Waals surface area contributed by atoms with E-state index in [-0.39, 0.29) is 23.8 Å². The molecule has 1 aliphatic heterocycles. The molecule has 2 aliphatic rings. The van der Waals surface area contributed by atoms with Crippen LogP contribution in [0.15, 0.2) is 58.0 Å². The third-order valence-electron chi connectivity index (χ3n) is 8.86. The highest BCUT2D eigenvalue weighted by Gasteiger charge is 2.35. The number of nitrogens with zero attached hydrogens (tertiary/aromatic N) is 7. The van der Waals surface area contributed by atoms with Gasteiger partial charge in [-0.25, -0.2) is 19.9 Å². The molecule has 1 unspecified atom stereocenters. The summed E-state index contributed by atoms with van der Waals surface area (Å²) in [6.45, 7) is 6.42. The van der Waals surface area contributed by atoms with Gasteiger partial charge in [0.05, 0.1) is 24.3 Å². The van der Waals surface area contributed by atoms with Gasteiger partial charge in [-0.3, -0.25) is 4.98 Å². The van der Waals surface area contributed by atoms with Crippen LogP contribution in [0.3, 0.4) is 0 Å². The summed E-state index contributed by atoms with van der Waals surface area (Å²) in [6, 6.07) is 12.3. The Labute approximate surface area is 253 Å². The van der Waals surface area contributed by atoms with Crippen LogP contribution in [0, 0.1) is 11.8 Å². The third kappa shape index (κ3) is 5.31. The quantitative estimate of drug-likeness (QED) is 0.255. The fourth-order valence-electron chi connectivity index (χ4n) is 6.52. The van der Waals surface area contributed by atoms with E-state index in [1.54, 1.807) is 12.4 Å². The molecule has 1 aromatic carbocycles. The molecule has 1 saturated carbocycles.